The largest absolute Gasteiger partial charge is 0.345 e. The number of hydrogen-bond donors (Lipinski definition) is 0. The predicted octanol–water partition coefficient (Wildman–Crippen LogP) is 2.76. The third kappa shape index (κ3) is 5.32. The number of amides is 2. The van der Waals surface area contributed by atoms with Gasteiger partial charge in [0.15, 0.2) is 0 Å². The van der Waals surface area contributed by atoms with Crippen molar-refractivity contribution in [3.63, 3.8) is 0 Å². The summed E-state index contributed by atoms with van der Waals surface area (Å²) in [5.41, 5.74) is 0.101. The number of rotatable bonds is 9. The number of carbonyl (C=O) groups is 2. The molecule has 0 spiro atoms. The minimum Gasteiger partial charge on any atom is -0.345 e. The van der Waals surface area contributed by atoms with Gasteiger partial charge in [-0.3, -0.25) is 14.6 Å². The molecule has 0 aliphatic rings. The van der Waals surface area contributed by atoms with Crippen molar-refractivity contribution in [3.05, 3.63) is 30.1 Å². The lowest BCUT2D eigenvalue weighted by molar-refractivity contribution is -0.153. The summed E-state index contributed by atoms with van der Waals surface area (Å²) in [5.74, 6) is -0.203. The Balaban J connectivity index is 2.72. The summed E-state index contributed by atoms with van der Waals surface area (Å²) in [6, 6.07) is 3.89. The van der Waals surface area contributed by atoms with E-state index in [2.05, 4.69) is 4.98 Å². The maximum atomic E-state index is 12.8. The average molecular weight is 333 g/mol. The molecule has 1 aromatic rings. The first-order valence-electron chi connectivity index (χ1n) is 8.78. The summed E-state index contributed by atoms with van der Waals surface area (Å²) in [4.78, 5) is 33.1. The lowest BCUT2D eigenvalue weighted by Gasteiger charge is -2.33. The van der Waals surface area contributed by atoms with Crippen molar-refractivity contribution in [2.24, 2.45) is 5.41 Å². The number of aromatic nitrogens is 1. The lowest BCUT2D eigenvalue weighted by Crippen LogP contribution is -2.50. The second kappa shape index (κ2) is 9.40. The van der Waals surface area contributed by atoms with E-state index in [-0.39, 0.29) is 11.8 Å². The third-order valence-corrected chi connectivity index (χ3v) is 4.18. The molecule has 0 fully saturated rings. The molecule has 24 heavy (non-hydrogen) atoms. The van der Waals surface area contributed by atoms with Crippen LogP contribution in [0.5, 0.6) is 0 Å². The molecule has 5 heteroatoms. The summed E-state index contributed by atoms with van der Waals surface area (Å²) < 4.78 is 0. The van der Waals surface area contributed by atoms with Gasteiger partial charge >= 0.3 is 0 Å². The maximum absolute atomic E-state index is 12.8. The molecule has 134 valence electrons. The quantitative estimate of drug-likeness (QED) is 0.653. The van der Waals surface area contributed by atoms with Crippen LogP contribution in [-0.2, 0) is 16.0 Å². The minimum absolute atomic E-state index is 0.0769. The van der Waals surface area contributed by atoms with Gasteiger partial charge in [0, 0.05) is 39.1 Å². The summed E-state index contributed by atoms with van der Waals surface area (Å²) in [6.45, 7) is 9.55. The van der Waals surface area contributed by atoms with Gasteiger partial charge in [0.2, 0.25) is 11.8 Å². The third-order valence-electron chi connectivity index (χ3n) is 4.18. The molecule has 0 N–H and O–H groups in total. The first-order chi connectivity index (χ1) is 11.3. The highest BCUT2D eigenvalue weighted by atomic mass is 16.2. The molecule has 1 heterocycles. The molecule has 0 bridgehead atoms. The van der Waals surface area contributed by atoms with E-state index in [1.54, 1.807) is 38.2 Å². The van der Waals surface area contributed by atoms with Crippen molar-refractivity contribution in [1.29, 1.82) is 0 Å². The van der Waals surface area contributed by atoms with Crippen molar-refractivity contribution in [2.45, 2.75) is 47.0 Å². The van der Waals surface area contributed by atoms with Gasteiger partial charge < -0.3 is 9.80 Å². The van der Waals surface area contributed by atoms with Gasteiger partial charge in [-0.25, -0.2) is 0 Å². The zero-order valence-electron chi connectivity index (χ0n) is 15.7. The Labute approximate surface area is 146 Å². The average Bonchev–Trinajstić information content (AvgIpc) is 2.59. The Bertz CT molecular complexity index is 523. The SMILES string of the molecule is CCCN(CCC)C(=O)C(C)(C)C(=O)N(C)CCc1ccncc1. The van der Waals surface area contributed by atoms with Crippen LogP contribution in [0.1, 0.15) is 46.1 Å². The Morgan fingerprint density at radius 2 is 1.54 bits per heavy atom. The molecule has 1 aromatic heterocycles. The highest BCUT2D eigenvalue weighted by molar-refractivity contribution is 6.04. The van der Waals surface area contributed by atoms with Crippen LogP contribution < -0.4 is 0 Å². The van der Waals surface area contributed by atoms with Crippen LogP contribution in [0.3, 0.4) is 0 Å². The number of pyridine rings is 1. The number of carbonyl (C=O) groups excluding carboxylic acids is 2. The van der Waals surface area contributed by atoms with Crippen LogP contribution in [0.2, 0.25) is 0 Å². The van der Waals surface area contributed by atoms with Gasteiger partial charge in [-0.15, -0.1) is 0 Å². The molecule has 0 aliphatic heterocycles. The number of likely N-dealkylation sites (N-methyl/N-ethyl adjacent to an activating group) is 1. The topological polar surface area (TPSA) is 53.5 Å². The molecule has 0 atom stereocenters. The smallest absolute Gasteiger partial charge is 0.237 e. The van der Waals surface area contributed by atoms with Crippen molar-refractivity contribution in [1.82, 2.24) is 14.8 Å². The molecule has 0 saturated carbocycles. The van der Waals surface area contributed by atoms with Crippen molar-refractivity contribution in [2.75, 3.05) is 26.7 Å². The van der Waals surface area contributed by atoms with E-state index in [0.717, 1.165) is 24.8 Å². The van der Waals surface area contributed by atoms with Gasteiger partial charge in [-0.2, -0.15) is 0 Å². The maximum Gasteiger partial charge on any atom is 0.237 e. The van der Waals surface area contributed by atoms with E-state index in [9.17, 15) is 9.59 Å². The van der Waals surface area contributed by atoms with Crippen LogP contribution in [0.4, 0.5) is 0 Å². The van der Waals surface area contributed by atoms with Crippen molar-refractivity contribution >= 4 is 11.8 Å². The molecule has 2 amide bonds. The highest BCUT2D eigenvalue weighted by Gasteiger charge is 2.40. The van der Waals surface area contributed by atoms with E-state index >= 15 is 0 Å². The van der Waals surface area contributed by atoms with Crippen molar-refractivity contribution < 1.29 is 9.59 Å². The molecule has 0 aliphatic carbocycles. The first kappa shape index (κ1) is 20.1. The molecular weight excluding hydrogens is 302 g/mol. The second-order valence-corrected chi connectivity index (χ2v) is 6.75. The highest BCUT2D eigenvalue weighted by Crippen LogP contribution is 2.22. The fourth-order valence-electron chi connectivity index (χ4n) is 2.77. The van der Waals surface area contributed by atoms with Crippen molar-refractivity contribution in [3.8, 4) is 0 Å². The summed E-state index contributed by atoms with van der Waals surface area (Å²) >= 11 is 0. The molecule has 0 unspecified atom stereocenters. The van der Waals surface area contributed by atoms with E-state index < -0.39 is 5.41 Å². The molecule has 5 nitrogen and oxygen atoms in total. The van der Waals surface area contributed by atoms with E-state index in [1.165, 1.54) is 0 Å². The first-order valence-corrected chi connectivity index (χ1v) is 8.78. The van der Waals surface area contributed by atoms with E-state index in [1.807, 2.05) is 30.9 Å². The second-order valence-electron chi connectivity index (χ2n) is 6.75. The predicted molar refractivity (Wildman–Crippen MR) is 96.5 cm³/mol. The number of hydrogen-bond acceptors (Lipinski definition) is 3. The molecule has 0 radical (unpaired) electrons. The number of nitrogens with zero attached hydrogens (tertiary/aromatic N) is 3. The molecular formula is C19H31N3O2. The van der Waals surface area contributed by atoms with Gasteiger partial charge in [0.05, 0.1) is 0 Å². The Morgan fingerprint density at radius 1 is 1.00 bits per heavy atom. The van der Waals surface area contributed by atoms with Crippen LogP contribution in [0, 0.1) is 5.41 Å². The zero-order chi connectivity index (χ0) is 18.2. The normalized spacial score (nSPS) is 11.2. The Morgan fingerprint density at radius 3 is 2.04 bits per heavy atom. The van der Waals surface area contributed by atoms with E-state index in [0.29, 0.717) is 19.6 Å². The Hall–Kier alpha value is -1.91. The molecule has 0 saturated heterocycles. The van der Waals surface area contributed by atoms with Gasteiger partial charge in [-0.05, 0) is 50.8 Å². The van der Waals surface area contributed by atoms with Crippen LogP contribution >= 0.6 is 0 Å². The van der Waals surface area contributed by atoms with Gasteiger partial charge in [0.25, 0.3) is 0 Å². The fraction of sp³-hybridized carbons (Fsp3) is 0.632. The lowest BCUT2D eigenvalue weighted by atomic mass is 9.89. The summed E-state index contributed by atoms with van der Waals surface area (Å²) in [7, 11) is 1.77. The monoisotopic (exact) mass is 333 g/mol. The summed E-state index contributed by atoms with van der Waals surface area (Å²) in [5, 5.41) is 0. The summed E-state index contributed by atoms with van der Waals surface area (Å²) in [6.07, 6.45) is 6.04. The van der Waals surface area contributed by atoms with Gasteiger partial charge in [0.1, 0.15) is 5.41 Å². The van der Waals surface area contributed by atoms with Crippen LogP contribution in [0.25, 0.3) is 0 Å². The minimum atomic E-state index is -1.03. The zero-order valence-corrected chi connectivity index (χ0v) is 15.7. The van der Waals surface area contributed by atoms with Crippen LogP contribution in [-0.4, -0.2) is 53.3 Å². The Kier molecular flexibility index (Phi) is 7.89. The van der Waals surface area contributed by atoms with Gasteiger partial charge in [-0.1, -0.05) is 13.8 Å². The molecule has 1 rings (SSSR count). The standard InChI is InChI=1S/C19H31N3O2/c1-6-13-22(14-7-2)18(24)19(3,4)17(23)21(5)15-10-16-8-11-20-12-9-16/h8-9,11-12H,6-7,10,13-15H2,1-5H3. The molecule has 0 aromatic carbocycles. The fourth-order valence-corrected chi connectivity index (χ4v) is 2.77. The van der Waals surface area contributed by atoms with Crippen LogP contribution in [0.15, 0.2) is 24.5 Å². The van der Waals surface area contributed by atoms with E-state index in [4.69, 9.17) is 0 Å².